The van der Waals surface area contributed by atoms with Gasteiger partial charge in [0.15, 0.2) is 0 Å². The van der Waals surface area contributed by atoms with Gasteiger partial charge >= 0.3 is 0 Å². The molecule has 0 spiro atoms. The number of hydrogen-bond acceptors (Lipinski definition) is 2. The molecular formula is C16H27NO. The normalized spacial score (nSPS) is 40.9. The van der Waals surface area contributed by atoms with Crippen LogP contribution in [0.25, 0.3) is 0 Å². The lowest BCUT2D eigenvalue weighted by molar-refractivity contribution is 0.0321. The zero-order valence-electron chi connectivity index (χ0n) is 11.8. The highest BCUT2D eigenvalue weighted by Crippen LogP contribution is 2.37. The predicted octanol–water partition coefficient (Wildman–Crippen LogP) is 3.14. The smallest absolute Gasteiger partial charge is 0.0647 e. The number of hydrogen-bond donors (Lipinski definition) is 1. The molecule has 4 unspecified atom stereocenters. The van der Waals surface area contributed by atoms with Crippen LogP contribution in [-0.2, 0) is 4.74 Å². The SMILES string of the molecule is CC1=CC(C)CC(C2OCCC2CNC2CC2)C1. The van der Waals surface area contributed by atoms with Crippen LogP contribution in [0, 0.1) is 17.8 Å². The Morgan fingerprint density at radius 3 is 2.89 bits per heavy atom. The van der Waals surface area contributed by atoms with E-state index in [1.165, 1.54) is 38.6 Å². The molecule has 1 heterocycles. The fourth-order valence-corrected chi connectivity index (χ4v) is 3.85. The monoisotopic (exact) mass is 249 g/mol. The second-order valence-corrected chi connectivity index (χ2v) is 6.76. The molecule has 4 atom stereocenters. The lowest BCUT2D eigenvalue weighted by Gasteiger charge is -2.33. The van der Waals surface area contributed by atoms with Gasteiger partial charge in [0.25, 0.3) is 0 Å². The first kappa shape index (κ1) is 12.7. The van der Waals surface area contributed by atoms with Crippen molar-refractivity contribution in [1.29, 1.82) is 0 Å². The molecule has 0 bridgehead atoms. The van der Waals surface area contributed by atoms with Crippen molar-refractivity contribution in [3.05, 3.63) is 11.6 Å². The second kappa shape index (κ2) is 5.34. The molecule has 102 valence electrons. The van der Waals surface area contributed by atoms with Crippen molar-refractivity contribution in [3.8, 4) is 0 Å². The molecule has 3 aliphatic rings. The zero-order chi connectivity index (χ0) is 12.5. The Bertz CT molecular complexity index is 321. The van der Waals surface area contributed by atoms with Crippen molar-refractivity contribution in [2.75, 3.05) is 13.2 Å². The van der Waals surface area contributed by atoms with Crippen LogP contribution in [0.15, 0.2) is 11.6 Å². The van der Waals surface area contributed by atoms with Crippen LogP contribution in [0.3, 0.4) is 0 Å². The van der Waals surface area contributed by atoms with Gasteiger partial charge in [-0.1, -0.05) is 18.6 Å². The Labute approximate surface area is 111 Å². The molecule has 1 saturated heterocycles. The quantitative estimate of drug-likeness (QED) is 0.773. The largest absolute Gasteiger partial charge is 0.378 e. The van der Waals surface area contributed by atoms with E-state index in [-0.39, 0.29) is 0 Å². The van der Waals surface area contributed by atoms with E-state index >= 15 is 0 Å². The molecule has 0 aromatic heterocycles. The van der Waals surface area contributed by atoms with E-state index in [1.54, 1.807) is 5.57 Å². The number of nitrogens with one attached hydrogen (secondary N) is 1. The lowest BCUT2D eigenvalue weighted by Crippen LogP contribution is -2.36. The maximum atomic E-state index is 6.09. The first-order valence-corrected chi connectivity index (χ1v) is 7.74. The standard InChI is InChI=1S/C16H27NO/c1-11-7-12(2)9-14(8-11)16-13(5-6-18-16)10-17-15-3-4-15/h7,11,13-17H,3-6,8-10H2,1-2H3. The molecule has 0 aromatic carbocycles. The number of ether oxygens (including phenoxy) is 1. The van der Waals surface area contributed by atoms with Gasteiger partial charge in [-0.2, -0.15) is 0 Å². The van der Waals surface area contributed by atoms with Gasteiger partial charge in [0, 0.05) is 25.1 Å². The minimum atomic E-state index is 0.516. The van der Waals surface area contributed by atoms with Crippen LogP contribution in [0.1, 0.15) is 46.0 Å². The highest BCUT2D eigenvalue weighted by atomic mass is 16.5. The summed E-state index contributed by atoms with van der Waals surface area (Å²) in [6.07, 6.45) is 9.58. The van der Waals surface area contributed by atoms with E-state index < -0.39 is 0 Å². The van der Waals surface area contributed by atoms with Crippen LogP contribution in [-0.4, -0.2) is 25.3 Å². The van der Waals surface area contributed by atoms with Crippen molar-refractivity contribution in [3.63, 3.8) is 0 Å². The first-order valence-electron chi connectivity index (χ1n) is 7.74. The molecule has 0 amide bonds. The zero-order valence-corrected chi connectivity index (χ0v) is 11.8. The average molecular weight is 249 g/mol. The summed E-state index contributed by atoms with van der Waals surface area (Å²) >= 11 is 0. The molecule has 0 radical (unpaired) electrons. The van der Waals surface area contributed by atoms with Gasteiger partial charge in [-0.05, 0) is 50.9 Å². The van der Waals surface area contributed by atoms with E-state index in [4.69, 9.17) is 4.74 Å². The van der Waals surface area contributed by atoms with Crippen LogP contribution in [0.4, 0.5) is 0 Å². The van der Waals surface area contributed by atoms with Gasteiger partial charge in [0.05, 0.1) is 6.10 Å². The molecule has 2 nitrogen and oxygen atoms in total. The van der Waals surface area contributed by atoms with Gasteiger partial charge < -0.3 is 10.1 Å². The summed E-state index contributed by atoms with van der Waals surface area (Å²) in [5, 5.41) is 3.70. The molecule has 1 aliphatic heterocycles. The van der Waals surface area contributed by atoms with Crippen LogP contribution in [0.5, 0.6) is 0 Å². The molecule has 0 aromatic rings. The van der Waals surface area contributed by atoms with Crippen LogP contribution < -0.4 is 5.32 Å². The van der Waals surface area contributed by atoms with Gasteiger partial charge in [-0.3, -0.25) is 0 Å². The van der Waals surface area contributed by atoms with Crippen molar-refractivity contribution in [2.45, 2.75) is 58.1 Å². The van der Waals surface area contributed by atoms with E-state index in [0.29, 0.717) is 6.10 Å². The summed E-state index contributed by atoms with van der Waals surface area (Å²) in [5.74, 6) is 2.26. The average Bonchev–Trinajstić information content (AvgIpc) is 3.02. The molecule has 2 fully saturated rings. The minimum Gasteiger partial charge on any atom is -0.378 e. The molecule has 18 heavy (non-hydrogen) atoms. The summed E-state index contributed by atoms with van der Waals surface area (Å²) < 4.78 is 6.09. The second-order valence-electron chi connectivity index (χ2n) is 6.76. The Morgan fingerprint density at radius 2 is 2.17 bits per heavy atom. The van der Waals surface area contributed by atoms with Gasteiger partial charge in [-0.15, -0.1) is 0 Å². The van der Waals surface area contributed by atoms with Gasteiger partial charge in [-0.25, -0.2) is 0 Å². The maximum Gasteiger partial charge on any atom is 0.0647 e. The number of allylic oxidation sites excluding steroid dienone is 2. The molecule has 3 rings (SSSR count). The molecular weight excluding hydrogens is 222 g/mol. The lowest BCUT2D eigenvalue weighted by atomic mass is 9.77. The molecule has 2 aliphatic carbocycles. The Hall–Kier alpha value is -0.340. The summed E-state index contributed by atoms with van der Waals surface area (Å²) in [6, 6.07) is 0.832. The predicted molar refractivity (Wildman–Crippen MR) is 74.5 cm³/mol. The maximum absolute atomic E-state index is 6.09. The van der Waals surface area contributed by atoms with E-state index in [9.17, 15) is 0 Å². The Balaban J connectivity index is 1.57. The fraction of sp³-hybridized carbons (Fsp3) is 0.875. The molecule has 1 N–H and O–H groups in total. The summed E-state index contributed by atoms with van der Waals surface area (Å²) in [5.41, 5.74) is 1.57. The Kier molecular flexibility index (Phi) is 3.76. The van der Waals surface area contributed by atoms with E-state index in [2.05, 4.69) is 25.2 Å². The van der Waals surface area contributed by atoms with Gasteiger partial charge in [0.2, 0.25) is 0 Å². The summed E-state index contributed by atoms with van der Waals surface area (Å²) in [4.78, 5) is 0. The minimum absolute atomic E-state index is 0.516. The van der Waals surface area contributed by atoms with Crippen molar-refractivity contribution in [1.82, 2.24) is 5.32 Å². The topological polar surface area (TPSA) is 21.3 Å². The third-order valence-corrected chi connectivity index (χ3v) is 4.80. The van der Waals surface area contributed by atoms with Crippen LogP contribution in [0.2, 0.25) is 0 Å². The third-order valence-electron chi connectivity index (χ3n) is 4.80. The van der Waals surface area contributed by atoms with E-state index in [0.717, 1.165) is 30.4 Å². The highest BCUT2D eigenvalue weighted by Gasteiger charge is 2.37. The van der Waals surface area contributed by atoms with Crippen molar-refractivity contribution < 1.29 is 4.74 Å². The Morgan fingerprint density at radius 1 is 1.33 bits per heavy atom. The van der Waals surface area contributed by atoms with Crippen molar-refractivity contribution in [2.24, 2.45) is 17.8 Å². The molecule has 1 saturated carbocycles. The summed E-state index contributed by atoms with van der Waals surface area (Å²) in [7, 11) is 0. The molecule has 2 heteroatoms. The highest BCUT2D eigenvalue weighted by molar-refractivity contribution is 5.08. The fourth-order valence-electron chi connectivity index (χ4n) is 3.85. The number of rotatable bonds is 4. The van der Waals surface area contributed by atoms with Crippen molar-refractivity contribution >= 4 is 0 Å². The van der Waals surface area contributed by atoms with E-state index in [1.807, 2.05) is 0 Å². The first-order chi connectivity index (χ1) is 8.72. The summed E-state index contributed by atoms with van der Waals surface area (Å²) in [6.45, 7) is 6.80. The van der Waals surface area contributed by atoms with Crippen LogP contribution >= 0.6 is 0 Å². The third kappa shape index (κ3) is 2.97. The van der Waals surface area contributed by atoms with Gasteiger partial charge in [0.1, 0.15) is 0 Å².